The van der Waals surface area contributed by atoms with Crippen molar-refractivity contribution in [2.75, 3.05) is 0 Å². The molecule has 1 aromatic heterocycles. The van der Waals surface area contributed by atoms with Crippen LogP contribution in [-0.2, 0) is 6.61 Å². The Labute approximate surface area is 113 Å². The third kappa shape index (κ3) is 3.28. The molecule has 1 aromatic carbocycles. The Hall–Kier alpha value is -0.910. The second-order valence-electron chi connectivity index (χ2n) is 3.69. The smallest absolute Gasteiger partial charge is 0.140 e. The quantitative estimate of drug-likeness (QED) is 0.940. The Bertz CT molecular complexity index is 485. The van der Waals surface area contributed by atoms with Crippen molar-refractivity contribution in [3.8, 4) is 5.75 Å². The molecule has 0 spiro atoms. The fourth-order valence-electron chi connectivity index (χ4n) is 1.47. The number of hydrogen-bond acceptors (Lipinski definition) is 4. The van der Waals surface area contributed by atoms with E-state index < -0.39 is 0 Å². The first-order valence-corrected chi connectivity index (χ1v) is 6.90. The van der Waals surface area contributed by atoms with Crippen LogP contribution in [0.1, 0.15) is 23.5 Å². The highest BCUT2D eigenvalue weighted by Gasteiger charge is 2.09. The van der Waals surface area contributed by atoms with Crippen LogP contribution >= 0.6 is 27.3 Å². The molecule has 2 N–H and O–H groups in total. The first-order valence-electron chi connectivity index (χ1n) is 5.23. The zero-order valence-electron chi connectivity index (χ0n) is 9.39. The number of nitrogens with two attached hydrogens (primary N) is 1. The van der Waals surface area contributed by atoms with Gasteiger partial charge in [0.15, 0.2) is 0 Å². The van der Waals surface area contributed by atoms with Crippen molar-refractivity contribution in [3.63, 3.8) is 0 Å². The molecule has 0 amide bonds. The van der Waals surface area contributed by atoms with Gasteiger partial charge in [0.05, 0.1) is 0 Å². The van der Waals surface area contributed by atoms with Gasteiger partial charge >= 0.3 is 0 Å². The van der Waals surface area contributed by atoms with Gasteiger partial charge in [-0.15, -0.1) is 11.3 Å². The molecule has 0 aliphatic heterocycles. The van der Waals surface area contributed by atoms with Crippen molar-refractivity contribution < 1.29 is 4.74 Å². The Balaban J connectivity index is 2.14. The van der Waals surface area contributed by atoms with Gasteiger partial charge in [-0.2, -0.15) is 0 Å². The summed E-state index contributed by atoms with van der Waals surface area (Å²) < 4.78 is 6.75. The van der Waals surface area contributed by atoms with Crippen molar-refractivity contribution in [1.29, 1.82) is 0 Å². The van der Waals surface area contributed by atoms with Crippen LogP contribution in [0.25, 0.3) is 0 Å². The Morgan fingerprint density at radius 1 is 1.53 bits per heavy atom. The zero-order chi connectivity index (χ0) is 12.3. The van der Waals surface area contributed by atoms with Gasteiger partial charge in [-0.3, -0.25) is 0 Å². The summed E-state index contributed by atoms with van der Waals surface area (Å²) in [5.41, 5.74) is 6.91. The van der Waals surface area contributed by atoms with E-state index in [4.69, 9.17) is 10.5 Å². The highest BCUT2D eigenvalue weighted by Crippen LogP contribution is 2.28. The fraction of sp³-hybridized carbons (Fsp3) is 0.250. The van der Waals surface area contributed by atoms with Gasteiger partial charge in [0, 0.05) is 27.7 Å². The molecule has 5 heteroatoms. The van der Waals surface area contributed by atoms with Gasteiger partial charge in [-0.25, -0.2) is 4.98 Å². The molecular weight excluding hydrogens is 300 g/mol. The summed E-state index contributed by atoms with van der Waals surface area (Å²) in [5.74, 6) is 0.818. The topological polar surface area (TPSA) is 48.1 Å². The van der Waals surface area contributed by atoms with Crippen LogP contribution in [0.2, 0.25) is 0 Å². The minimum absolute atomic E-state index is 0.0567. The van der Waals surface area contributed by atoms with Crippen LogP contribution in [0.4, 0.5) is 0 Å². The SMILES string of the molecule is C[C@H](N)c1cc(Br)ccc1OCc1nccs1. The summed E-state index contributed by atoms with van der Waals surface area (Å²) in [6.45, 7) is 2.43. The van der Waals surface area contributed by atoms with Crippen LogP contribution in [0.3, 0.4) is 0 Å². The van der Waals surface area contributed by atoms with Gasteiger partial charge in [0.2, 0.25) is 0 Å². The molecule has 17 heavy (non-hydrogen) atoms. The molecule has 0 aliphatic rings. The lowest BCUT2D eigenvalue weighted by Crippen LogP contribution is -2.08. The van der Waals surface area contributed by atoms with Crippen molar-refractivity contribution >= 4 is 27.3 Å². The zero-order valence-corrected chi connectivity index (χ0v) is 11.8. The number of aromatic nitrogens is 1. The number of ether oxygens (including phenoxy) is 1. The average Bonchev–Trinajstić information content (AvgIpc) is 2.80. The molecule has 0 radical (unpaired) electrons. The van der Waals surface area contributed by atoms with Gasteiger partial charge < -0.3 is 10.5 Å². The van der Waals surface area contributed by atoms with Crippen LogP contribution in [-0.4, -0.2) is 4.98 Å². The number of halogens is 1. The van der Waals surface area contributed by atoms with Gasteiger partial charge in [0.25, 0.3) is 0 Å². The molecule has 0 unspecified atom stereocenters. The molecular formula is C12H13BrN2OS. The lowest BCUT2D eigenvalue weighted by atomic mass is 10.1. The maximum atomic E-state index is 5.92. The number of thiazole rings is 1. The van der Waals surface area contributed by atoms with Crippen LogP contribution in [0, 0.1) is 0 Å². The summed E-state index contributed by atoms with van der Waals surface area (Å²) in [6, 6.07) is 5.81. The molecule has 2 rings (SSSR count). The van der Waals surface area contributed by atoms with Gasteiger partial charge in [-0.1, -0.05) is 15.9 Å². The maximum Gasteiger partial charge on any atom is 0.140 e. The molecule has 3 nitrogen and oxygen atoms in total. The summed E-state index contributed by atoms with van der Waals surface area (Å²) in [5, 5.41) is 2.90. The van der Waals surface area contributed by atoms with E-state index in [1.165, 1.54) is 0 Å². The molecule has 1 atom stereocenters. The standard InChI is InChI=1S/C12H13BrN2OS/c1-8(14)10-6-9(13)2-3-11(10)16-7-12-15-4-5-17-12/h2-6,8H,7,14H2,1H3/t8-/m0/s1. The Kier molecular flexibility index (Phi) is 4.15. The lowest BCUT2D eigenvalue weighted by molar-refractivity contribution is 0.301. The van der Waals surface area contributed by atoms with Crippen molar-refractivity contribution in [2.24, 2.45) is 5.73 Å². The molecule has 0 aliphatic carbocycles. The lowest BCUT2D eigenvalue weighted by Gasteiger charge is -2.13. The predicted molar refractivity (Wildman–Crippen MR) is 73.2 cm³/mol. The molecule has 0 fully saturated rings. The molecule has 1 heterocycles. The predicted octanol–water partition coefficient (Wildman–Crippen LogP) is 3.50. The minimum atomic E-state index is -0.0567. The monoisotopic (exact) mass is 312 g/mol. The molecule has 0 saturated heterocycles. The van der Waals surface area contributed by atoms with Crippen LogP contribution < -0.4 is 10.5 Å². The summed E-state index contributed by atoms with van der Waals surface area (Å²) >= 11 is 5.02. The van der Waals surface area contributed by atoms with E-state index in [1.54, 1.807) is 17.5 Å². The average molecular weight is 313 g/mol. The first kappa shape index (κ1) is 12.5. The largest absolute Gasteiger partial charge is 0.486 e. The molecule has 0 bridgehead atoms. The van der Waals surface area contributed by atoms with Gasteiger partial charge in [-0.05, 0) is 25.1 Å². The number of rotatable bonds is 4. The third-order valence-corrected chi connectivity index (χ3v) is 3.54. The van der Waals surface area contributed by atoms with E-state index in [9.17, 15) is 0 Å². The summed E-state index contributed by atoms with van der Waals surface area (Å²) in [7, 11) is 0. The second-order valence-corrected chi connectivity index (χ2v) is 5.58. The molecule has 90 valence electrons. The summed E-state index contributed by atoms with van der Waals surface area (Å²) in [6.07, 6.45) is 1.78. The highest BCUT2D eigenvalue weighted by molar-refractivity contribution is 9.10. The van der Waals surface area contributed by atoms with Crippen molar-refractivity contribution in [1.82, 2.24) is 4.98 Å². The van der Waals surface area contributed by atoms with E-state index in [-0.39, 0.29) is 6.04 Å². The van der Waals surface area contributed by atoms with E-state index in [1.807, 2.05) is 30.5 Å². The first-order chi connectivity index (χ1) is 8.16. The van der Waals surface area contributed by atoms with E-state index in [2.05, 4.69) is 20.9 Å². The highest BCUT2D eigenvalue weighted by atomic mass is 79.9. The van der Waals surface area contributed by atoms with Gasteiger partial charge in [0.1, 0.15) is 17.4 Å². The number of benzene rings is 1. The van der Waals surface area contributed by atoms with E-state index >= 15 is 0 Å². The molecule has 0 saturated carbocycles. The number of nitrogens with zero attached hydrogens (tertiary/aromatic N) is 1. The Morgan fingerprint density at radius 2 is 2.35 bits per heavy atom. The molecule has 2 aromatic rings. The maximum absolute atomic E-state index is 5.92. The normalized spacial score (nSPS) is 12.4. The minimum Gasteiger partial charge on any atom is -0.486 e. The second kappa shape index (κ2) is 5.62. The van der Waals surface area contributed by atoms with E-state index in [0.717, 1.165) is 20.8 Å². The number of hydrogen-bond donors (Lipinski definition) is 1. The van der Waals surface area contributed by atoms with Crippen molar-refractivity contribution in [2.45, 2.75) is 19.6 Å². The van der Waals surface area contributed by atoms with E-state index in [0.29, 0.717) is 6.61 Å². The Morgan fingerprint density at radius 3 is 3.00 bits per heavy atom. The fourth-order valence-corrected chi connectivity index (χ4v) is 2.38. The van der Waals surface area contributed by atoms with Crippen LogP contribution in [0.15, 0.2) is 34.2 Å². The summed E-state index contributed by atoms with van der Waals surface area (Å²) in [4.78, 5) is 4.18. The van der Waals surface area contributed by atoms with Crippen LogP contribution in [0.5, 0.6) is 5.75 Å². The third-order valence-electron chi connectivity index (χ3n) is 2.30. The van der Waals surface area contributed by atoms with Crippen molar-refractivity contribution in [3.05, 3.63) is 44.8 Å².